The van der Waals surface area contributed by atoms with Gasteiger partial charge in [0.15, 0.2) is 0 Å². The molecule has 0 aromatic heterocycles. The molecule has 0 aromatic carbocycles. The SMILES string of the molecule is CC(C)(C)[S@@](=O)N1[C@H](C2CC2)[C@@H]1C=O. The summed E-state index contributed by atoms with van der Waals surface area (Å²) < 4.78 is 13.7. The van der Waals surface area contributed by atoms with E-state index in [1.54, 1.807) is 0 Å². The smallest absolute Gasteiger partial charge is 0.139 e. The molecular formula is C10H17NO2S. The predicted octanol–water partition coefficient (Wildman–Crippen LogP) is 1.11. The van der Waals surface area contributed by atoms with Gasteiger partial charge in [-0.2, -0.15) is 0 Å². The zero-order chi connectivity index (χ0) is 10.5. The van der Waals surface area contributed by atoms with Crippen molar-refractivity contribution >= 4 is 17.3 Å². The standard InChI is InChI=1S/C10H17NO2S/c1-10(2,3)14(13)11-8(6-12)9(11)7-4-5-7/h6-9H,4-5H2,1-3H3/t8-,9+,11?,14+/m0/s1. The molecule has 4 heteroatoms. The van der Waals surface area contributed by atoms with Crippen molar-refractivity contribution < 1.29 is 9.00 Å². The molecule has 0 radical (unpaired) electrons. The lowest BCUT2D eigenvalue weighted by Gasteiger charge is -2.18. The van der Waals surface area contributed by atoms with Gasteiger partial charge in [-0.1, -0.05) is 0 Å². The van der Waals surface area contributed by atoms with Gasteiger partial charge in [-0.25, -0.2) is 8.51 Å². The van der Waals surface area contributed by atoms with Crippen LogP contribution in [0.2, 0.25) is 0 Å². The topological polar surface area (TPSA) is 37.1 Å². The lowest BCUT2D eigenvalue weighted by Crippen LogP contribution is -2.29. The van der Waals surface area contributed by atoms with Gasteiger partial charge >= 0.3 is 0 Å². The molecule has 2 rings (SSSR count). The fourth-order valence-corrected chi connectivity index (χ4v) is 3.34. The highest BCUT2D eigenvalue weighted by molar-refractivity contribution is 7.84. The third-order valence-electron chi connectivity index (χ3n) is 2.81. The molecule has 4 atom stereocenters. The zero-order valence-electron chi connectivity index (χ0n) is 8.90. The van der Waals surface area contributed by atoms with E-state index in [2.05, 4.69) is 0 Å². The Morgan fingerprint density at radius 3 is 2.29 bits per heavy atom. The molecule has 3 nitrogen and oxygen atoms in total. The largest absolute Gasteiger partial charge is 0.302 e. The Morgan fingerprint density at radius 2 is 1.93 bits per heavy atom. The minimum atomic E-state index is -1.02. The van der Waals surface area contributed by atoms with Crippen molar-refractivity contribution in [3.05, 3.63) is 0 Å². The first kappa shape index (κ1) is 10.3. The van der Waals surface area contributed by atoms with E-state index in [1.807, 2.05) is 25.1 Å². The maximum Gasteiger partial charge on any atom is 0.139 e. The van der Waals surface area contributed by atoms with Crippen LogP contribution in [0, 0.1) is 5.92 Å². The van der Waals surface area contributed by atoms with Crippen molar-refractivity contribution in [3.8, 4) is 0 Å². The van der Waals surface area contributed by atoms with Crippen LogP contribution in [-0.2, 0) is 15.8 Å². The minimum Gasteiger partial charge on any atom is -0.302 e. The highest BCUT2D eigenvalue weighted by Crippen LogP contribution is 2.48. The number of hydrogen-bond donors (Lipinski definition) is 0. The first-order valence-corrected chi connectivity index (χ1v) is 6.23. The molecule has 1 heterocycles. The Morgan fingerprint density at radius 1 is 1.36 bits per heavy atom. The Bertz CT molecular complexity index is 280. The van der Waals surface area contributed by atoms with Crippen LogP contribution in [0.5, 0.6) is 0 Å². The number of carbonyl (C=O) groups is 1. The fourth-order valence-electron chi connectivity index (χ4n) is 1.85. The van der Waals surface area contributed by atoms with Crippen LogP contribution in [0.1, 0.15) is 33.6 Å². The first-order valence-electron chi connectivity index (χ1n) is 5.12. The van der Waals surface area contributed by atoms with E-state index >= 15 is 0 Å². The van der Waals surface area contributed by atoms with Gasteiger partial charge in [-0.05, 0) is 39.5 Å². The van der Waals surface area contributed by atoms with Gasteiger partial charge in [0.2, 0.25) is 0 Å². The molecule has 0 bridgehead atoms. The summed E-state index contributed by atoms with van der Waals surface area (Å²) in [6.45, 7) is 5.85. The normalized spacial score (nSPS) is 39.2. The highest BCUT2D eigenvalue weighted by atomic mass is 32.2. The predicted molar refractivity (Wildman–Crippen MR) is 56.1 cm³/mol. The van der Waals surface area contributed by atoms with Crippen LogP contribution < -0.4 is 0 Å². The van der Waals surface area contributed by atoms with E-state index in [0.29, 0.717) is 5.92 Å². The molecular weight excluding hydrogens is 198 g/mol. The van der Waals surface area contributed by atoms with E-state index in [-0.39, 0.29) is 16.8 Å². The van der Waals surface area contributed by atoms with Crippen molar-refractivity contribution in [1.29, 1.82) is 0 Å². The summed E-state index contributed by atoms with van der Waals surface area (Å²) in [6.07, 6.45) is 3.35. The van der Waals surface area contributed by atoms with Crippen LogP contribution >= 0.6 is 0 Å². The molecule has 80 valence electrons. The lowest BCUT2D eigenvalue weighted by molar-refractivity contribution is -0.107. The third-order valence-corrected chi connectivity index (χ3v) is 4.73. The molecule has 0 spiro atoms. The summed E-state index contributed by atoms with van der Waals surface area (Å²) in [6, 6.07) is 0.218. The van der Waals surface area contributed by atoms with Gasteiger partial charge in [0.25, 0.3) is 0 Å². The second-order valence-corrected chi connectivity index (χ2v) is 7.32. The molecule has 14 heavy (non-hydrogen) atoms. The van der Waals surface area contributed by atoms with Gasteiger partial charge in [-0.15, -0.1) is 0 Å². The monoisotopic (exact) mass is 215 g/mol. The summed E-state index contributed by atoms with van der Waals surface area (Å²) in [4.78, 5) is 10.8. The van der Waals surface area contributed by atoms with Crippen LogP contribution in [0.3, 0.4) is 0 Å². The molecule has 0 aromatic rings. The van der Waals surface area contributed by atoms with Gasteiger partial charge in [-0.3, -0.25) is 0 Å². The molecule has 0 amide bonds. The minimum absolute atomic E-state index is 0.0671. The van der Waals surface area contributed by atoms with Crippen LogP contribution in [-0.4, -0.2) is 31.6 Å². The van der Waals surface area contributed by atoms with Crippen LogP contribution in [0.4, 0.5) is 0 Å². The Labute approximate surface area is 87.4 Å². The molecule has 2 fully saturated rings. The van der Waals surface area contributed by atoms with E-state index in [4.69, 9.17) is 0 Å². The van der Waals surface area contributed by atoms with Crippen molar-refractivity contribution in [2.24, 2.45) is 5.92 Å². The molecule has 2 aliphatic rings. The number of aldehydes is 1. The fraction of sp³-hybridized carbons (Fsp3) is 0.900. The third kappa shape index (κ3) is 1.65. The molecule has 1 aliphatic carbocycles. The quantitative estimate of drug-likeness (QED) is 0.522. The molecule has 1 saturated heterocycles. The van der Waals surface area contributed by atoms with Crippen LogP contribution in [0.15, 0.2) is 0 Å². The average Bonchev–Trinajstić information content (AvgIpc) is 2.94. The van der Waals surface area contributed by atoms with Gasteiger partial charge in [0.05, 0.1) is 10.8 Å². The Kier molecular flexibility index (Phi) is 2.31. The van der Waals surface area contributed by atoms with E-state index in [9.17, 15) is 9.00 Å². The first-order chi connectivity index (χ1) is 6.46. The van der Waals surface area contributed by atoms with Gasteiger partial charge in [0, 0.05) is 6.04 Å². The summed E-state index contributed by atoms with van der Waals surface area (Å²) in [5.74, 6) is 0.636. The van der Waals surface area contributed by atoms with E-state index in [1.165, 1.54) is 12.8 Å². The zero-order valence-corrected chi connectivity index (χ0v) is 9.71. The maximum absolute atomic E-state index is 12.0. The summed E-state index contributed by atoms with van der Waals surface area (Å²) in [7, 11) is -1.02. The summed E-state index contributed by atoms with van der Waals surface area (Å²) >= 11 is 0. The van der Waals surface area contributed by atoms with Gasteiger partial charge < -0.3 is 4.79 Å². The average molecular weight is 215 g/mol. The van der Waals surface area contributed by atoms with E-state index in [0.717, 1.165) is 6.29 Å². The highest BCUT2D eigenvalue weighted by Gasteiger charge is 2.59. The van der Waals surface area contributed by atoms with Crippen molar-refractivity contribution in [2.45, 2.75) is 50.4 Å². The van der Waals surface area contributed by atoms with Crippen molar-refractivity contribution in [3.63, 3.8) is 0 Å². The second kappa shape index (κ2) is 3.14. The van der Waals surface area contributed by atoms with Crippen molar-refractivity contribution in [2.75, 3.05) is 0 Å². The maximum atomic E-state index is 12.0. The van der Waals surface area contributed by atoms with Crippen LogP contribution in [0.25, 0.3) is 0 Å². The summed E-state index contributed by atoms with van der Waals surface area (Å²) in [5, 5.41) is 0. The Hall–Kier alpha value is -0.220. The molecule has 1 unspecified atom stereocenters. The number of carbonyl (C=O) groups excluding carboxylic acids is 1. The molecule has 1 saturated carbocycles. The lowest BCUT2D eigenvalue weighted by atomic mass is 10.2. The van der Waals surface area contributed by atoms with Gasteiger partial charge in [0.1, 0.15) is 17.3 Å². The number of rotatable bonds is 3. The number of nitrogens with zero attached hydrogens (tertiary/aromatic N) is 1. The molecule has 1 aliphatic heterocycles. The van der Waals surface area contributed by atoms with E-state index < -0.39 is 11.0 Å². The van der Waals surface area contributed by atoms with Crippen molar-refractivity contribution in [1.82, 2.24) is 4.31 Å². The second-order valence-electron chi connectivity index (χ2n) is 5.18. The summed E-state index contributed by atoms with van der Waals surface area (Å²) in [5.41, 5.74) is 0. The number of hydrogen-bond acceptors (Lipinski definition) is 2. The molecule has 0 N–H and O–H groups in total. The Balaban J connectivity index is 2.05.